The molecule has 2 aromatic rings. The molecule has 0 amide bonds. The van der Waals surface area contributed by atoms with Crippen molar-refractivity contribution in [1.29, 1.82) is 0 Å². The van der Waals surface area contributed by atoms with Gasteiger partial charge in [-0.25, -0.2) is 4.98 Å². The van der Waals surface area contributed by atoms with Crippen molar-refractivity contribution in [3.05, 3.63) is 58.8 Å². The van der Waals surface area contributed by atoms with Gasteiger partial charge in [0.05, 0.1) is 18.3 Å². The molecule has 0 saturated carbocycles. The maximum atomic E-state index is 12.3. The van der Waals surface area contributed by atoms with E-state index in [2.05, 4.69) is 22.3 Å². The maximum Gasteiger partial charge on any atom is 0.325 e. The SMILES string of the molecule is CC(C)O[C@@H]1c2ccccc2[C@H](C(=O)O)N2C[C@H](OCCCCc3ccc4c(n3)NCCC4)CC12. The molecule has 4 atom stereocenters. The number of aryl methyl sites for hydroxylation is 2. The first-order valence-corrected chi connectivity index (χ1v) is 13.1. The minimum Gasteiger partial charge on any atom is -0.480 e. The number of nitrogens with one attached hydrogen (secondary N) is 1. The predicted octanol–water partition coefficient (Wildman–Crippen LogP) is 4.53. The molecular formula is C28H37N3O4. The number of benzene rings is 1. The number of unbranched alkanes of at least 4 members (excludes halogenated alkanes) is 1. The third-order valence-corrected chi connectivity index (χ3v) is 7.41. The van der Waals surface area contributed by atoms with Crippen LogP contribution < -0.4 is 5.32 Å². The topological polar surface area (TPSA) is 83.9 Å². The van der Waals surface area contributed by atoms with E-state index in [1.54, 1.807) is 0 Å². The molecule has 1 saturated heterocycles. The predicted molar refractivity (Wildman–Crippen MR) is 135 cm³/mol. The van der Waals surface area contributed by atoms with Gasteiger partial charge < -0.3 is 19.9 Å². The lowest BCUT2D eigenvalue weighted by Gasteiger charge is -2.42. The quantitative estimate of drug-likeness (QED) is 0.511. The third kappa shape index (κ3) is 5.22. The number of hydrogen-bond donors (Lipinski definition) is 2. The van der Waals surface area contributed by atoms with Gasteiger partial charge in [-0.05, 0) is 75.1 Å². The Balaban J connectivity index is 1.17. The maximum absolute atomic E-state index is 12.3. The molecule has 0 spiro atoms. The average Bonchev–Trinajstić information content (AvgIpc) is 3.26. The van der Waals surface area contributed by atoms with E-state index in [4.69, 9.17) is 14.5 Å². The van der Waals surface area contributed by atoms with Gasteiger partial charge in [0.15, 0.2) is 0 Å². The molecule has 3 aliphatic rings. The Hall–Kier alpha value is -2.48. The zero-order valence-corrected chi connectivity index (χ0v) is 20.8. The van der Waals surface area contributed by atoms with Crippen molar-refractivity contribution in [2.75, 3.05) is 25.0 Å². The second kappa shape index (κ2) is 10.6. The number of aromatic nitrogens is 1. The monoisotopic (exact) mass is 479 g/mol. The normalized spacial score (nSPS) is 25.6. The third-order valence-electron chi connectivity index (χ3n) is 7.41. The van der Waals surface area contributed by atoms with Gasteiger partial charge in [0, 0.05) is 31.4 Å². The molecule has 0 aliphatic carbocycles. The Morgan fingerprint density at radius 3 is 2.83 bits per heavy atom. The summed E-state index contributed by atoms with van der Waals surface area (Å²) in [6.07, 6.45) is 5.93. The summed E-state index contributed by atoms with van der Waals surface area (Å²) < 4.78 is 12.6. The molecule has 188 valence electrons. The number of carbonyl (C=O) groups is 1. The highest BCUT2D eigenvalue weighted by Crippen LogP contribution is 2.46. The summed E-state index contributed by atoms with van der Waals surface area (Å²) in [5, 5.41) is 13.5. The molecule has 0 bridgehead atoms. The van der Waals surface area contributed by atoms with Crippen molar-refractivity contribution in [3.63, 3.8) is 0 Å². The second-order valence-electron chi connectivity index (χ2n) is 10.3. The molecule has 4 heterocycles. The lowest BCUT2D eigenvalue weighted by Crippen LogP contribution is -2.46. The van der Waals surface area contributed by atoms with Gasteiger partial charge >= 0.3 is 5.97 Å². The number of pyridine rings is 1. The molecule has 7 heteroatoms. The highest BCUT2D eigenvalue weighted by atomic mass is 16.5. The highest BCUT2D eigenvalue weighted by Gasteiger charge is 2.49. The molecular weight excluding hydrogens is 442 g/mol. The Morgan fingerprint density at radius 2 is 2.03 bits per heavy atom. The minimum absolute atomic E-state index is 0.00518. The van der Waals surface area contributed by atoms with Gasteiger partial charge in [-0.1, -0.05) is 30.3 Å². The number of hydrogen-bond acceptors (Lipinski definition) is 6. The highest BCUT2D eigenvalue weighted by molar-refractivity contribution is 5.77. The zero-order chi connectivity index (χ0) is 24.4. The van der Waals surface area contributed by atoms with Crippen LogP contribution in [-0.2, 0) is 27.1 Å². The van der Waals surface area contributed by atoms with Crippen LogP contribution in [0.25, 0.3) is 0 Å². The Bertz CT molecular complexity index is 1040. The number of fused-ring (bicyclic) bond motifs is 3. The van der Waals surface area contributed by atoms with Crippen LogP contribution in [0.2, 0.25) is 0 Å². The summed E-state index contributed by atoms with van der Waals surface area (Å²) in [7, 11) is 0. The molecule has 35 heavy (non-hydrogen) atoms. The summed E-state index contributed by atoms with van der Waals surface area (Å²) in [6.45, 7) is 6.37. The van der Waals surface area contributed by atoms with Crippen LogP contribution in [0.15, 0.2) is 36.4 Å². The van der Waals surface area contributed by atoms with E-state index >= 15 is 0 Å². The molecule has 1 unspecified atom stereocenters. The standard InChI is InChI=1S/C28H37N3O4/c1-18(2)35-26-23-11-4-3-10-22(23)25(28(32)33)31-17-21(16-24(26)31)34-15-6-5-9-20-13-12-19-8-7-14-29-27(19)30-20/h3-4,10-13,18,21,24-26H,5-9,14-17H2,1-2H3,(H,29,30)(H,32,33)/t21-,24?,25-,26-/m1/s1. The number of rotatable bonds is 9. The fraction of sp³-hybridized carbons (Fsp3) is 0.571. The fourth-order valence-corrected chi connectivity index (χ4v) is 5.87. The van der Waals surface area contributed by atoms with E-state index in [-0.39, 0.29) is 24.4 Å². The van der Waals surface area contributed by atoms with Gasteiger partial charge in [-0.3, -0.25) is 9.69 Å². The first-order chi connectivity index (χ1) is 17.0. The molecule has 2 N–H and O–H groups in total. The van der Waals surface area contributed by atoms with Crippen molar-refractivity contribution >= 4 is 11.8 Å². The van der Waals surface area contributed by atoms with Crippen LogP contribution in [0, 0.1) is 0 Å². The largest absolute Gasteiger partial charge is 0.480 e. The smallest absolute Gasteiger partial charge is 0.325 e. The van der Waals surface area contributed by atoms with Gasteiger partial charge in [-0.15, -0.1) is 0 Å². The van der Waals surface area contributed by atoms with E-state index in [9.17, 15) is 9.90 Å². The van der Waals surface area contributed by atoms with Crippen LogP contribution in [0.4, 0.5) is 5.82 Å². The van der Waals surface area contributed by atoms with Gasteiger partial charge in [0.2, 0.25) is 0 Å². The summed E-state index contributed by atoms with van der Waals surface area (Å²) >= 11 is 0. The van der Waals surface area contributed by atoms with Crippen molar-refractivity contribution < 1.29 is 19.4 Å². The average molecular weight is 480 g/mol. The van der Waals surface area contributed by atoms with Crippen LogP contribution in [0.5, 0.6) is 0 Å². The number of ether oxygens (including phenoxy) is 2. The molecule has 1 aromatic heterocycles. The Morgan fingerprint density at radius 1 is 1.20 bits per heavy atom. The van der Waals surface area contributed by atoms with E-state index < -0.39 is 12.0 Å². The lowest BCUT2D eigenvalue weighted by molar-refractivity contribution is -0.147. The number of nitrogens with zero attached hydrogens (tertiary/aromatic N) is 2. The lowest BCUT2D eigenvalue weighted by atomic mass is 9.86. The van der Waals surface area contributed by atoms with E-state index in [0.717, 1.165) is 61.3 Å². The number of anilines is 1. The van der Waals surface area contributed by atoms with Crippen LogP contribution in [0.3, 0.4) is 0 Å². The number of carboxylic acids is 1. The van der Waals surface area contributed by atoms with Gasteiger partial charge in [0.1, 0.15) is 11.9 Å². The first kappa shape index (κ1) is 24.2. The fourth-order valence-electron chi connectivity index (χ4n) is 5.87. The number of aliphatic carboxylic acids is 1. The number of carboxylic acid groups (broad SMARTS) is 1. The minimum atomic E-state index is -0.807. The van der Waals surface area contributed by atoms with Crippen molar-refractivity contribution in [3.8, 4) is 0 Å². The Kier molecular flexibility index (Phi) is 7.37. The van der Waals surface area contributed by atoms with Crippen LogP contribution in [-0.4, -0.2) is 58.9 Å². The summed E-state index contributed by atoms with van der Waals surface area (Å²) in [5.41, 5.74) is 4.30. The van der Waals surface area contributed by atoms with E-state index in [1.807, 2.05) is 38.1 Å². The second-order valence-corrected chi connectivity index (χ2v) is 10.3. The molecule has 0 radical (unpaired) electrons. The molecule has 7 nitrogen and oxygen atoms in total. The van der Waals surface area contributed by atoms with Crippen molar-refractivity contribution in [1.82, 2.24) is 9.88 Å². The summed E-state index contributed by atoms with van der Waals surface area (Å²) in [4.78, 5) is 19.2. The molecule has 5 rings (SSSR count). The first-order valence-electron chi connectivity index (χ1n) is 13.1. The van der Waals surface area contributed by atoms with Crippen LogP contribution in [0.1, 0.15) is 74.1 Å². The van der Waals surface area contributed by atoms with Crippen molar-refractivity contribution in [2.24, 2.45) is 0 Å². The Labute approximate surface area is 207 Å². The van der Waals surface area contributed by atoms with Gasteiger partial charge in [-0.2, -0.15) is 0 Å². The summed E-state index contributed by atoms with van der Waals surface area (Å²) in [6, 6.07) is 11.6. The van der Waals surface area contributed by atoms with Crippen molar-refractivity contribution in [2.45, 2.75) is 82.8 Å². The summed E-state index contributed by atoms with van der Waals surface area (Å²) in [5.74, 6) is 0.248. The molecule has 1 aromatic carbocycles. The molecule has 3 aliphatic heterocycles. The van der Waals surface area contributed by atoms with Gasteiger partial charge in [0.25, 0.3) is 0 Å². The van der Waals surface area contributed by atoms with E-state index in [0.29, 0.717) is 13.2 Å². The van der Waals surface area contributed by atoms with Crippen LogP contribution >= 0.6 is 0 Å². The molecule has 1 fully saturated rings. The zero-order valence-electron chi connectivity index (χ0n) is 20.8. The van der Waals surface area contributed by atoms with E-state index in [1.165, 1.54) is 12.0 Å².